The number of fused-ring (bicyclic) bond motifs is 3. The zero-order valence-corrected chi connectivity index (χ0v) is 11.4. The molecule has 1 aromatic carbocycles. The molecular formula is C14H17NO4. The maximum absolute atomic E-state index is 11.7. The fourth-order valence-corrected chi connectivity index (χ4v) is 2.95. The fourth-order valence-electron chi connectivity index (χ4n) is 2.95. The molecule has 0 saturated heterocycles. The Hall–Kier alpha value is -1.91. The van der Waals surface area contributed by atoms with E-state index in [4.69, 9.17) is 14.2 Å². The van der Waals surface area contributed by atoms with Gasteiger partial charge in [0, 0.05) is 19.0 Å². The molecule has 3 rings (SSSR count). The molecule has 2 aliphatic heterocycles. The first-order valence-electron chi connectivity index (χ1n) is 6.40. The molecule has 0 radical (unpaired) electrons. The molecule has 1 atom stereocenters. The SMILES string of the molecule is COc1cc2c(c3c1OCO3)C(C)N(C(C)=O)CC2. The van der Waals surface area contributed by atoms with Crippen LogP contribution in [0.5, 0.6) is 17.2 Å². The Kier molecular flexibility index (Phi) is 2.77. The third-order valence-corrected chi connectivity index (χ3v) is 3.86. The van der Waals surface area contributed by atoms with Crippen molar-refractivity contribution in [3.8, 4) is 17.2 Å². The lowest BCUT2D eigenvalue weighted by Gasteiger charge is -2.35. The topological polar surface area (TPSA) is 48.0 Å². The lowest BCUT2D eigenvalue weighted by Crippen LogP contribution is -2.37. The van der Waals surface area contributed by atoms with Gasteiger partial charge in [0.1, 0.15) is 0 Å². The zero-order valence-electron chi connectivity index (χ0n) is 11.4. The molecule has 1 unspecified atom stereocenters. The molecule has 5 nitrogen and oxygen atoms in total. The van der Waals surface area contributed by atoms with Crippen molar-refractivity contribution in [2.75, 3.05) is 20.4 Å². The van der Waals surface area contributed by atoms with Crippen molar-refractivity contribution >= 4 is 5.91 Å². The van der Waals surface area contributed by atoms with E-state index >= 15 is 0 Å². The zero-order chi connectivity index (χ0) is 13.6. The molecule has 1 aromatic rings. The van der Waals surface area contributed by atoms with Crippen molar-refractivity contribution in [1.29, 1.82) is 0 Å². The molecule has 0 aromatic heterocycles. The third kappa shape index (κ3) is 1.72. The standard InChI is InChI=1S/C14H17NO4/c1-8-12-10(4-5-15(8)9(2)16)6-11(17-3)13-14(12)19-7-18-13/h6,8H,4-5,7H2,1-3H3. The van der Waals surface area contributed by atoms with Crippen molar-refractivity contribution in [2.24, 2.45) is 0 Å². The van der Waals surface area contributed by atoms with Gasteiger partial charge in [-0.1, -0.05) is 0 Å². The largest absolute Gasteiger partial charge is 0.493 e. The van der Waals surface area contributed by atoms with E-state index in [1.54, 1.807) is 14.0 Å². The molecule has 5 heteroatoms. The smallest absolute Gasteiger partial charge is 0.231 e. The summed E-state index contributed by atoms with van der Waals surface area (Å²) in [6.45, 7) is 4.55. The second-order valence-electron chi connectivity index (χ2n) is 4.85. The highest BCUT2D eigenvalue weighted by Crippen LogP contribution is 2.49. The highest BCUT2D eigenvalue weighted by molar-refractivity contribution is 5.75. The predicted molar refractivity (Wildman–Crippen MR) is 68.6 cm³/mol. The van der Waals surface area contributed by atoms with Gasteiger partial charge in [0.05, 0.1) is 13.2 Å². The lowest BCUT2D eigenvalue weighted by molar-refractivity contribution is -0.131. The molecule has 102 valence electrons. The molecule has 0 spiro atoms. The first-order valence-corrected chi connectivity index (χ1v) is 6.40. The van der Waals surface area contributed by atoms with Gasteiger partial charge >= 0.3 is 0 Å². The molecule has 19 heavy (non-hydrogen) atoms. The van der Waals surface area contributed by atoms with E-state index in [2.05, 4.69) is 0 Å². The van der Waals surface area contributed by atoms with Crippen LogP contribution in [0, 0.1) is 0 Å². The minimum Gasteiger partial charge on any atom is -0.493 e. The van der Waals surface area contributed by atoms with Gasteiger partial charge in [0.2, 0.25) is 18.4 Å². The molecule has 0 saturated carbocycles. The normalized spacial score (nSPS) is 20.2. The Labute approximate surface area is 112 Å². The van der Waals surface area contributed by atoms with Crippen LogP contribution in [-0.2, 0) is 11.2 Å². The Balaban J connectivity index is 2.14. The van der Waals surface area contributed by atoms with Crippen LogP contribution in [0.15, 0.2) is 6.07 Å². The first-order chi connectivity index (χ1) is 9.13. The number of nitrogens with zero attached hydrogens (tertiary/aromatic N) is 1. The average molecular weight is 263 g/mol. The number of carbonyl (C=O) groups excluding carboxylic acids is 1. The minimum atomic E-state index is 0.00241. The summed E-state index contributed by atoms with van der Waals surface area (Å²) in [6.07, 6.45) is 0.812. The Bertz CT molecular complexity index is 541. The van der Waals surface area contributed by atoms with Crippen molar-refractivity contribution in [3.05, 3.63) is 17.2 Å². The number of ether oxygens (including phenoxy) is 3. The average Bonchev–Trinajstić information content (AvgIpc) is 2.86. The summed E-state index contributed by atoms with van der Waals surface area (Å²) in [5.74, 6) is 2.17. The van der Waals surface area contributed by atoms with Crippen LogP contribution in [0.25, 0.3) is 0 Å². The van der Waals surface area contributed by atoms with Crippen LogP contribution in [0.4, 0.5) is 0 Å². The van der Waals surface area contributed by atoms with E-state index in [0.717, 1.165) is 24.3 Å². The highest BCUT2D eigenvalue weighted by atomic mass is 16.7. The highest BCUT2D eigenvalue weighted by Gasteiger charge is 2.34. The summed E-state index contributed by atoms with van der Waals surface area (Å²) in [5.41, 5.74) is 2.22. The molecule has 2 heterocycles. The fraction of sp³-hybridized carbons (Fsp3) is 0.500. The van der Waals surface area contributed by atoms with E-state index in [-0.39, 0.29) is 18.7 Å². The molecule has 0 aliphatic carbocycles. The van der Waals surface area contributed by atoms with Crippen LogP contribution >= 0.6 is 0 Å². The summed E-state index contributed by atoms with van der Waals surface area (Å²) in [7, 11) is 1.62. The molecular weight excluding hydrogens is 246 g/mol. The number of rotatable bonds is 1. The Morgan fingerprint density at radius 2 is 2.16 bits per heavy atom. The predicted octanol–water partition coefficient (Wildman–Crippen LogP) is 1.89. The Morgan fingerprint density at radius 1 is 1.42 bits per heavy atom. The van der Waals surface area contributed by atoms with Crippen molar-refractivity contribution in [1.82, 2.24) is 4.90 Å². The molecule has 1 amide bonds. The molecule has 0 fully saturated rings. The lowest BCUT2D eigenvalue weighted by atomic mass is 9.91. The Morgan fingerprint density at radius 3 is 2.84 bits per heavy atom. The van der Waals surface area contributed by atoms with E-state index in [1.165, 1.54) is 5.56 Å². The maximum atomic E-state index is 11.7. The van der Waals surface area contributed by atoms with Crippen LogP contribution in [-0.4, -0.2) is 31.3 Å². The van der Waals surface area contributed by atoms with Crippen LogP contribution < -0.4 is 14.2 Å². The summed E-state index contributed by atoms with van der Waals surface area (Å²) in [5, 5.41) is 0. The van der Waals surface area contributed by atoms with Gasteiger partial charge in [-0.3, -0.25) is 4.79 Å². The van der Waals surface area contributed by atoms with E-state index < -0.39 is 0 Å². The second-order valence-corrected chi connectivity index (χ2v) is 4.85. The van der Waals surface area contributed by atoms with Crippen LogP contribution in [0.3, 0.4) is 0 Å². The molecule has 0 N–H and O–H groups in total. The van der Waals surface area contributed by atoms with E-state index in [1.807, 2.05) is 17.9 Å². The quantitative estimate of drug-likeness (QED) is 0.776. The number of amides is 1. The maximum Gasteiger partial charge on any atom is 0.231 e. The van der Waals surface area contributed by atoms with Gasteiger partial charge in [-0.2, -0.15) is 0 Å². The first kappa shape index (κ1) is 12.1. The number of hydrogen-bond acceptors (Lipinski definition) is 4. The van der Waals surface area contributed by atoms with Crippen LogP contribution in [0.1, 0.15) is 31.0 Å². The second kappa shape index (κ2) is 4.33. The number of hydrogen-bond donors (Lipinski definition) is 0. The minimum absolute atomic E-state index is 0.00241. The van der Waals surface area contributed by atoms with Crippen molar-refractivity contribution < 1.29 is 19.0 Å². The summed E-state index contributed by atoms with van der Waals surface area (Å²) >= 11 is 0. The molecule has 0 bridgehead atoms. The summed E-state index contributed by atoms with van der Waals surface area (Å²) < 4.78 is 16.4. The summed E-state index contributed by atoms with van der Waals surface area (Å²) in [6, 6.07) is 2.00. The van der Waals surface area contributed by atoms with Crippen molar-refractivity contribution in [2.45, 2.75) is 26.3 Å². The van der Waals surface area contributed by atoms with Crippen molar-refractivity contribution in [3.63, 3.8) is 0 Å². The monoisotopic (exact) mass is 263 g/mol. The van der Waals surface area contributed by atoms with Gasteiger partial charge < -0.3 is 19.1 Å². The van der Waals surface area contributed by atoms with E-state index in [0.29, 0.717) is 11.5 Å². The molecule has 2 aliphatic rings. The van der Waals surface area contributed by atoms with Gasteiger partial charge in [-0.25, -0.2) is 0 Å². The van der Waals surface area contributed by atoms with Gasteiger partial charge in [0.25, 0.3) is 0 Å². The van der Waals surface area contributed by atoms with E-state index in [9.17, 15) is 4.79 Å². The van der Waals surface area contributed by atoms with Gasteiger partial charge in [0.15, 0.2) is 11.5 Å². The van der Waals surface area contributed by atoms with Gasteiger partial charge in [-0.15, -0.1) is 0 Å². The number of methoxy groups -OCH3 is 1. The summed E-state index contributed by atoms with van der Waals surface area (Å²) in [4.78, 5) is 13.5. The number of carbonyl (C=O) groups is 1. The van der Waals surface area contributed by atoms with Crippen LogP contribution in [0.2, 0.25) is 0 Å². The third-order valence-electron chi connectivity index (χ3n) is 3.86. The number of benzene rings is 1. The van der Waals surface area contributed by atoms with Gasteiger partial charge in [-0.05, 0) is 25.0 Å².